The SMILES string of the molecule is Cc1cccc(-n2nc(C(=O)N3CCN(c4ccccc4F)CC3)nc2CCc2ccccc2)c1. The van der Waals surface area contributed by atoms with E-state index in [-0.39, 0.29) is 17.5 Å². The van der Waals surface area contributed by atoms with E-state index in [9.17, 15) is 9.18 Å². The Morgan fingerprint density at radius 1 is 0.886 bits per heavy atom. The first-order valence-electron chi connectivity index (χ1n) is 11.9. The maximum atomic E-state index is 14.2. The van der Waals surface area contributed by atoms with Crippen LogP contribution in [0.1, 0.15) is 27.6 Å². The molecule has 0 N–H and O–H groups in total. The molecule has 1 saturated heterocycles. The summed E-state index contributed by atoms with van der Waals surface area (Å²) in [5.41, 5.74) is 3.79. The molecule has 1 aliphatic rings. The Morgan fingerprint density at radius 3 is 2.37 bits per heavy atom. The van der Waals surface area contributed by atoms with E-state index in [0.717, 1.165) is 23.5 Å². The minimum atomic E-state index is -0.242. The lowest BCUT2D eigenvalue weighted by molar-refractivity contribution is 0.0734. The van der Waals surface area contributed by atoms with Crippen LogP contribution in [0.5, 0.6) is 0 Å². The van der Waals surface area contributed by atoms with Gasteiger partial charge in [0.2, 0.25) is 5.82 Å². The summed E-state index contributed by atoms with van der Waals surface area (Å²) in [6.45, 7) is 4.14. The van der Waals surface area contributed by atoms with Gasteiger partial charge in [-0.05, 0) is 48.7 Å². The Bertz CT molecular complexity index is 1310. The first-order valence-corrected chi connectivity index (χ1v) is 11.9. The highest BCUT2D eigenvalue weighted by Gasteiger charge is 2.27. The molecule has 1 aliphatic heterocycles. The van der Waals surface area contributed by atoms with Crippen LogP contribution in [0.2, 0.25) is 0 Å². The fourth-order valence-electron chi connectivity index (χ4n) is 4.46. The number of aromatic nitrogens is 3. The van der Waals surface area contributed by atoms with Crippen LogP contribution >= 0.6 is 0 Å². The summed E-state index contributed by atoms with van der Waals surface area (Å²) in [5.74, 6) is 0.529. The van der Waals surface area contributed by atoms with E-state index in [4.69, 9.17) is 0 Å². The molecule has 2 heterocycles. The number of carbonyl (C=O) groups excluding carboxylic acids is 1. The molecule has 1 aromatic heterocycles. The molecular formula is C28H28FN5O. The lowest BCUT2D eigenvalue weighted by Crippen LogP contribution is -2.49. The molecule has 178 valence electrons. The number of piperazine rings is 1. The zero-order valence-electron chi connectivity index (χ0n) is 19.8. The number of carbonyl (C=O) groups is 1. The number of amides is 1. The normalized spacial score (nSPS) is 13.8. The average Bonchev–Trinajstić information content (AvgIpc) is 3.32. The molecule has 4 aromatic rings. The van der Waals surface area contributed by atoms with Gasteiger partial charge in [0.15, 0.2) is 0 Å². The van der Waals surface area contributed by atoms with Crippen molar-refractivity contribution in [3.63, 3.8) is 0 Å². The van der Waals surface area contributed by atoms with Crippen molar-refractivity contribution >= 4 is 11.6 Å². The summed E-state index contributed by atoms with van der Waals surface area (Å²) in [6.07, 6.45) is 1.47. The third-order valence-corrected chi connectivity index (χ3v) is 6.35. The van der Waals surface area contributed by atoms with Crippen LogP contribution in [-0.4, -0.2) is 51.8 Å². The summed E-state index contributed by atoms with van der Waals surface area (Å²) in [6, 6.07) is 25.0. The molecule has 0 atom stereocenters. The summed E-state index contributed by atoms with van der Waals surface area (Å²) < 4.78 is 16.0. The number of aryl methyl sites for hydroxylation is 3. The van der Waals surface area contributed by atoms with E-state index in [1.54, 1.807) is 21.7 Å². The van der Waals surface area contributed by atoms with Crippen molar-refractivity contribution in [3.8, 4) is 5.69 Å². The molecule has 0 radical (unpaired) electrons. The standard InChI is InChI=1S/C28H28FN5O/c1-21-8-7-11-23(20-21)34-26(15-14-22-9-3-2-4-10-22)30-27(31-34)28(35)33-18-16-32(17-19-33)25-13-6-5-12-24(25)29/h2-13,20H,14-19H2,1H3. The Hall–Kier alpha value is -4.00. The fraction of sp³-hybridized carbons (Fsp3) is 0.250. The minimum Gasteiger partial charge on any atom is -0.366 e. The van der Waals surface area contributed by atoms with Gasteiger partial charge in [0, 0.05) is 32.6 Å². The van der Waals surface area contributed by atoms with E-state index in [1.807, 2.05) is 60.4 Å². The highest BCUT2D eigenvalue weighted by molar-refractivity contribution is 5.90. The van der Waals surface area contributed by atoms with Gasteiger partial charge in [0.05, 0.1) is 11.4 Å². The van der Waals surface area contributed by atoms with Crippen molar-refractivity contribution in [2.45, 2.75) is 19.8 Å². The fourth-order valence-corrected chi connectivity index (χ4v) is 4.46. The molecule has 35 heavy (non-hydrogen) atoms. The molecule has 0 bridgehead atoms. The molecule has 1 fully saturated rings. The van der Waals surface area contributed by atoms with Crippen molar-refractivity contribution in [1.29, 1.82) is 0 Å². The Balaban J connectivity index is 1.35. The second kappa shape index (κ2) is 10.1. The van der Waals surface area contributed by atoms with Crippen LogP contribution in [0.15, 0.2) is 78.9 Å². The van der Waals surface area contributed by atoms with Gasteiger partial charge in [-0.1, -0.05) is 54.6 Å². The quantitative estimate of drug-likeness (QED) is 0.418. The predicted molar refractivity (Wildman–Crippen MR) is 134 cm³/mol. The van der Waals surface area contributed by atoms with Gasteiger partial charge in [-0.15, -0.1) is 5.10 Å². The molecule has 0 spiro atoms. The summed E-state index contributed by atoms with van der Waals surface area (Å²) in [5, 5.41) is 4.64. The second-order valence-corrected chi connectivity index (χ2v) is 8.82. The first kappa shape index (κ1) is 22.8. The Labute approximate surface area is 204 Å². The molecular weight excluding hydrogens is 441 g/mol. The summed E-state index contributed by atoms with van der Waals surface area (Å²) in [4.78, 5) is 21.8. The number of rotatable bonds is 6. The average molecular weight is 470 g/mol. The van der Waals surface area contributed by atoms with Crippen LogP contribution in [0, 0.1) is 12.7 Å². The van der Waals surface area contributed by atoms with Crippen LogP contribution in [0.3, 0.4) is 0 Å². The summed E-state index contributed by atoms with van der Waals surface area (Å²) >= 11 is 0. The predicted octanol–water partition coefficient (Wildman–Crippen LogP) is 4.46. The number of hydrogen-bond donors (Lipinski definition) is 0. The number of para-hydroxylation sites is 1. The molecule has 5 rings (SSSR count). The van der Waals surface area contributed by atoms with E-state index < -0.39 is 0 Å². The van der Waals surface area contributed by atoms with E-state index >= 15 is 0 Å². The smallest absolute Gasteiger partial charge is 0.293 e. The van der Waals surface area contributed by atoms with Crippen molar-refractivity contribution in [2.75, 3.05) is 31.1 Å². The topological polar surface area (TPSA) is 54.3 Å². The Kier molecular flexibility index (Phi) is 6.57. The van der Waals surface area contributed by atoms with Gasteiger partial charge in [-0.3, -0.25) is 4.79 Å². The molecule has 0 unspecified atom stereocenters. The number of nitrogens with zero attached hydrogens (tertiary/aromatic N) is 5. The van der Waals surface area contributed by atoms with Crippen molar-refractivity contribution in [2.24, 2.45) is 0 Å². The van der Waals surface area contributed by atoms with Crippen molar-refractivity contribution in [1.82, 2.24) is 19.7 Å². The van der Waals surface area contributed by atoms with Crippen LogP contribution in [-0.2, 0) is 12.8 Å². The molecule has 6 nitrogen and oxygen atoms in total. The third-order valence-electron chi connectivity index (χ3n) is 6.35. The Morgan fingerprint density at radius 2 is 1.63 bits per heavy atom. The largest absolute Gasteiger partial charge is 0.366 e. The second-order valence-electron chi connectivity index (χ2n) is 8.82. The van der Waals surface area contributed by atoms with E-state index in [2.05, 4.69) is 22.2 Å². The van der Waals surface area contributed by atoms with Crippen LogP contribution in [0.4, 0.5) is 10.1 Å². The molecule has 0 saturated carbocycles. The van der Waals surface area contributed by atoms with Crippen LogP contribution < -0.4 is 4.90 Å². The third kappa shape index (κ3) is 5.09. The number of anilines is 1. The molecule has 1 amide bonds. The zero-order valence-corrected chi connectivity index (χ0v) is 19.8. The maximum absolute atomic E-state index is 14.2. The van der Waals surface area contributed by atoms with E-state index in [0.29, 0.717) is 38.3 Å². The molecule has 0 aliphatic carbocycles. The monoisotopic (exact) mass is 469 g/mol. The zero-order chi connectivity index (χ0) is 24.2. The van der Waals surface area contributed by atoms with E-state index in [1.165, 1.54) is 11.6 Å². The lowest BCUT2D eigenvalue weighted by atomic mass is 10.1. The summed E-state index contributed by atoms with van der Waals surface area (Å²) in [7, 11) is 0. The van der Waals surface area contributed by atoms with Crippen molar-refractivity contribution < 1.29 is 9.18 Å². The number of hydrogen-bond acceptors (Lipinski definition) is 4. The van der Waals surface area contributed by atoms with Gasteiger partial charge in [-0.2, -0.15) is 0 Å². The number of halogens is 1. The minimum absolute atomic E-state index is 0.189. The highest BCUT2D eigenvalue weighted by atomic mass is 19.1. The first-order chi connectivity index (χ1) is 17.1. The van der Waals surface area contributed by atoms with Gasteiger partial charge in [-0.25, -0.2) is 14.1 Å². The lowest BCUT2D eigenvalue weighted by Gasteiger charge is -2.35. The van der Waals surface area contributed by atoms with Gasteiger partial charge in [0.25, 0.3) is 5.91 Å². The molecule has 3 aromatic carbocycles. The van der Waals surface area contributed by atoms with Crippen molar-refractivity contribution in [3.05, 3.63) is 107 Å². The van der Waals surface area contributed by atoms with Crippen LogP contribution in [0.25, 0.3) is 5.69 Å². The molecule has 7 heteroatoms. The van der Waals surface area contributed by atoms with Gasteiger partial charge in [0.1, 0.15) is 11.6 Å². The maximum Gasteiger partial charge on any atom is 0.293 e. The number of benzene rings is 3. The van der Waals surface area contributed by atoms with Gasteiger partial charge < -0.3 is 9.80 Å². The van der Waals surface area contributed by atoms with Gasteiger partial charge >= 0.3 is 0 Å². The highest BCUT2D eigenvalue weighted by Crippen LogP contribution is 2.21.